The van der Waals surface area contributed by atoms with E-state index < -0.39 is 17.2 Å². The second-order valence-corrected chi connectivity index (χ2v) is 9.88. The van der Waals surface area contributed by atoms with Gasteiger partial charge < -0.3 is 4.74 Å². The van der Waals surface area contributed by atoms with Crippen molar-refractivity contribution in [2.24, 2.45) is 7.05 Å². The highest BCUT2D eigenvalue weighted by Gasteiger charge is 2.20. The number of aryl methyl sites for hydroxylation is 1. The van der Waals surface area contributed by atoms with Crippen LogP contribution in [-0.2, 0) is 18.3 Å². The molecule has 0 aliphatic carbocycles. The zero-order valence-corrected chi connectivity index (χ0v) is 21.2. The maximum Gasteiger partial charge on any atom is 0.348 e. The highest BCUT2D eigenvalue weighted by atomic mass is 32.1. The third kappa shape index (κ3) is 5.17. The van der Waals surface area contributed by atoms with Crippen molar-refractivity contribution < 1.29 is 9.53 Å². The Hall–Kier alpha value is -4.23. The van der Waals surface area contributed by atoms with Crippen molar-refractivity contribution in [3.05, 3.63) is 139 Å². The lowest BCUT2D eigenvalue weighted by Crippen LogP contribution is -2.38. The summed E-state index contributed by atoms with van der Waals surface area (Å²) in [5, 5.41) is 0.335. The van der Waals surface area contributed by atoms with Crippen LogP contribution in [0.5, 0.6) is 0 Å². The summed E-state index contributed by atoms with van der Waals surface area (Å²) in [4.78, 5) is 39.8. The van der Waals surface area contributed by atoms with Gasteiger partial charge in [0.25, 0.3) is 5.56 Å². The maximum atomic E-state index is 13.2. The topological polar surface area (TPSA) is 70.3 Å². The standard InChI is InChI=1S/C30H26N2O4S/c1-31-28-25(27(33)32(30(31)35)20-21-11-5-2-6-12-21)19-26(37-28)29(34)36-18-17-24(22-13-7-3-8-14-22)23-15-9-4-10-16-23/h2-16,19,24H,17-18,20H2,1H3. The molecule has 0 bridgehead atoms. The fraction of sp³-hybridized carbons (Fsp3) is 0.167. The van der Waals surface area contributed by atoms with Gasteiger partial charge in [-0.3, -0.25) is 13.9 Å². The predicted octanol–water partition coefficient (Wildman–Crippen LogP) is 5.19. The smallest absolute Gasteiger partial charge is 0.348 e. The van der Waals surface area contributed by atoms with Crippen molar-refractivity contribution in [3.63, 3.8) is 0 Å². The number of rotatable bonds is 8. The lowest BCUT2D eigenvalue weighted by Gasteiger charge is -2.18. The zero-order valence-electron chi connectivity index (χ0n) is 20.4. The highest BCUT2D eigenvalue weighted by molar-refractivity contribution is 7.20. The fourth-order valence-corrected chi connectivity index (χ4v) is 5.53. The van der Waals surface area contributed by atoms with Crippen molar-refractivity contribution >= 4 is 27.5 Å². The minimum atomic E-state index is -0.498. The number of benzene rings is 3. The molecule has 3 aromatic carbocycles. The Kier molecular flexibility index (Phi) is 7.14. The van der Waals surface area contributed by atoms with Gasteiger partial charge in [-0.05, 0) is 29.2 Å². The molecule has 2 heterocycles. The normalized spacial score (nSPS) is 11.2. The monoisotopic (exact) mass is 510 g/mol. The Labute approximate surface area is 218 Å². The molecule has 0 fully saturated rings. The van der Waals surface area contributed by atoms with Gasteiger partial charge >= 0.3 is 11.7 Å². The van der Waals surface area contributed by atoms with Gasteiger partial charge in [0.15, 0.2) is 0 Å². The van der Waals surface area contributed by atoms with Crippen molar-refractivity contribution in [2.45, 2.75) is 18.9 Å². The molecule has 2 aromatic heterocycles. The maximum absolute atomic E-state index is 13.2. The zero-order chi connectivity index (χ0) is 25.8. The van der Waals surface area contributed by atoms with Gasteiger partial charge in [-0.25, -0.2) is 9.59 Å². The van der Waals surface area contributed by atoms with E-state index in [-0.39, 0.29) is 19.1 Å². The van der Waals surface area contributed by atoms with Crippen molar-refractivity contribution in [3.8, 4) is 0 Å². The quantitative estimate of drug-likeness (QED) is 0.270. The van der Waals surface area contributed by atoms with Crippen molar-refractivity contribution in [2.75, 3.05) is 6.61 Å². The summed E-state index contributed by atoms with van der Waals surface area (Å²) >= 11 is 1.10. The molecule has 0 saturated heterocycles. The summed E-state index contributed by atoms with van der Waals surface area (Å²) in [5.41, 5.74) is 2.32. The number of hydrogen-bond acceptors (Lipinski definition) is 5. The van der Waals surface area contributed by atoms with Crippen LogP contribution in [0.4, 0.5) is 0 Å². The summed E-state index contributed by atoms with van der Waals surface area (Å²) in [5.74, 6) is -0.411. The minimum absolute atomic E-state index is 0.0867. The van der Waals surface area contributed by atoms with Gasteiger partial charge in [0.1, 0.15) is 9.71 Å². The molecule has 0 saturated carbocycles. The number of nitrogens with zero attached hydrogens (tertiary/aromatic N) is 2. The van der Waals surface area contributed by atoms with E-state index in [1.54, 1.807) is 7.05 Å². The Morgan fingerprint density at radius 3 is 2.03 bits per heavy atom. The summed E-state index contributed by atoms with van der Waals surface area (Å²) in [6.45, 7) is 0.386. The average molecular weight is 511 g/mol. The van der Waals surface area contributed by atoms with E-state index in [2.05, 4.69) is 24.3 Å². The second-order valence-electron chi connectivity index (χ2n) is 8.85. The Morgan fingerprint density at radius 1 is 0.865 bits per heavy atom. The molecule has 0 spiro atoms. The molecule has 0 N–H and O–H groups in total. The van der Waals surface area contributed by atoms with Gasteiger partial charge in [-0.15, -0.1) is 11.3 Å². The van der Waals surface area contributed by atoms with Crippen LogP contribution in [0.3, 0.4) is 0 Å². The summed E-state index contributed by atoms with van der Waals surface area (Å²) in [7, 11) is 1.61. The number of thiophene rings is 1. The third-order valence-corrected chi connectivity index (χ3v) is 7.63. The lowest BCUT2D eigenvalue weighted by molar-refractivity contribution is 0.0502. The molecule has 0 unspecified atom stereocenters. The summed E-state index contributed by atoms with van der Waals surface area (Å²) in [6, 6.07) is 31.2. The first-order valence-electron chi connectivity index (χ1n) is 12.1. The molecule has 7 heteroatoms. The molecular weight excluding hydrogens is 484 g/mol. The molecule has 0 aliphatic heterocycles. The predicted molar refractivity (Wildman–Crippen MR) is 146 cm³/mol. The minimum Gasteiger partial charge on any atom is -0.461 e. The van der Waals surface area contributed by atoms with Gasteiger partial charge in [-0.1, -0.05) is 91.0 Å². The van der Waals surface area contributed by atoms with E-state index in [1.807, 2.05) is 66.7 Å². The van der Waals surface area contributed by atoms with E-state index in [9.17, 15) is 14.4 Å². The van der Waals surface area contributed by atoms with Crippen LogP contribution in [0.25, 0.3) is 10.2 Å². The van der Waals surface area contributed by atoms with Crippen molar-refractivity contribution in [1.29, 1.82) is 0 Å². The van der Waals surface area contributed by atoms with Gasteiger partial charge in [0.2, 0.25) is 0 Å². The number of fused-ring (bicyclic) bond motifs is 1. The molecule has 186 valence electrons. The number of esters is 1. The van der Waals surface area contributed by atoms with E-state index in [4.69, 9.17) is 4.74 Å². The van der Waals surface area contributed by atoms with E-state index >= 15 is 0 Å². The highest BCUT2D eigenvalue weighted by Crippen LogP contribution is 2.28. The van der Waals surface area contributed by atoms with Crippen LogP contribution in [0.1, 0.15) is 38.7 Å². The van der Waals surface area contributed by atoms with Crippen LogP contribution in [0.2, 0.25) is 0 Å². The van der Waals surface area contributed by atoms with Crippen LogP contribution < -0.4 is 11.2 Å². The SMILES string of the molecule is Cn1c(=O)n(Cc2ccccc2)c(=O)c2cc(C(=O)OCCC(c3ccccc3)c3ccccc3)sc21. The summed E-state index contributed by atoms with van der Waals surface area (Å²) < 4.78 is 8.26. The molecule has 0 atom stereocenters. The van der Waals surface area contributed by atoms with E-state index in [0.29, 0.717) is 21.5 Å². The molecule has 0 amide bonds. The number of hydrogen-bond donors (Lipinski definition) is 0. The Balaban J connectivity index is 1.36. The lowest BCUT2D eigenvalue weighted by atomic mass is 9.89. The molecule has 0 radical (unpaired) electrons. The first kappa shape index (κ1) is 24.5. The molecule has 5 rings (SSSR count). The first-order valence-corrected chi connectivity index (χ1v) is 12.9. The number of aromatic nitrogens is 2. The average Bonchev–Trinajstić information content (AvgIpc) is 3.40. The number of carbonyl (C=O) groups excluding carboxylic acids is 1. The Bertz CT molecular complexity index is 1600. The molecular formula is C30H26N2O4S. The first-order chi connectivity index (χ1) is 18.0. The largest absolute Gasteiger partial charge is 0.461 e. The van der Waals surface area contributed by atoms with Gasteiger partial charge in [0, 0.05) is 13.0 Å². The molecule has 37 heavy (non-hydrogen) atoms. The van der Waals surface area contributed by atoms with E-state index in [1.165, 1.54) is 15.2 Å². The molecule has 0 aliphatic rings. The van der Waals surface area contributed by atoms with Crippen LogP contribution in [0.15, 0.2) is 107 Å². The summed E-state index contributed by atoms with van der Waals surface area (Å²) in [6.07, 6.45) is 0.618. The molecule has 6 nitrogen and oxygen atoms in total. The second kappa shape index (κ2) is 10.8. The van der Waals surface area contributed by atoms with Gasteiger partial charge in [0.05, 0.1) is 18.5 Å². The van der Waals surface area contributed by atoms with E-state index in [0.717, 1.165) is 28.0 Å². The van der Waals surface area contributed by atoms with Crippen LogP contribution in [0, 0.1) is 0 Å². The van der Waals surface area contributed by atoms with Gasteiger partial charge in [-0.2, -0.15) is 0 Å². The number of ether oxygens (including phenoxy) is 1. The number of carbonyl (C=O) groups is 1. The third-order valence-electron chi connectivity index (χ3n) is 6.44. The fourth-order valence-electron chi connectivity index (χ4n) is 4.53. The van der Waals surface area contributed by atoms with Crippen molar-refractivity contribution in [1.82, 2.24) is 9.13 Å². The Morgan fingerprint density at radius 2 is 1.43 bits per heavy atom. The van der Waals surface area contributed by atoms with Crippen LogP contribution >= 0.6 is 11.3 Å². The van der Waals surface area contributed by atoms with Crippen LogP contribution in [-0.4, -0.2) is 21.7 Å². The molecule has 5 aromatic rings.